The van der Waals surface area contributed by atoms with Gasteiger partial charge in [0.25, 0.3) is 0 Å². The van der Waals surface area contributed by atoms with Crippen LogP contribution >= 0.6 is 15.9 Å². The van der Waals surface area contributed by atoms with Gasteiger partial charge in [-0.05, 0) is 28.4 Å². The van der Waals surface area contributed by atoms with E-state index in [9.17, 15) is 4.39 Å². The lowest BCUT2D eigenvalue weighted by Gasteiger charge is -2.17. The molecule has 0 spiro atoms. The Morgan fingerprint density at radius 1 is 1.53 bits per heavy atom. The molecule has 1 aromatic heterocycles. The maximum atomic E-state index is 14.0. The smallest absolute Gasteiger partial charge is 0.142 e. The zero-order valence-electron chi connectivity index (χ0n) is 10.6. The predicted molar refractivity (Wildman–Crippen MR) is 75.7 cm³/mol. The van der Waals surface area contributed by atoms with Gasteiger partial charge in [0.1, 0.15) is 11.6 Å². The summed E-state index contributed by atoms with van der Waals surface area (Å²) in [5, 5.41) is 0. The first-order valence-electron chi connectivity index (χ1n) is 5.99. The minimum absolute atomic E-state index is 0.241. The van der Waals surface area contributed by atoms with E-state index >= 15 is 0 Å². The highest BCUT2D eigenvalue weighted by Gasteiger charge is 2.16. The number of aryl methyl sites for hydroxylation is 2. The molecule has 19 heavy (non-hydrogen) atoms. The van der Waals surface area contributed by atoms with Gasteiger partial charge in [0.15, 0.2) is 0 Å². The zero-order valence-corrected chi connectivity index (χ0v) is 12.2. The summed E-state index contributed by atoms with van der Waals surface area (Å²) >= 11 is 3.18. The van der Waals surface area contributed by atoms with Crippen molar-refractivity contribution in [3.63, 3.8) is 0 Å². The van der Waals surface area contributed by atoms with Crippen LogP contribution in [0.25, 0.3) is 0 Å². The highest BCUT2D eigenvalue weighted by molar-refractivity contribution is 9.10. The Morgan fingerprint density at radius 3 is 2.95 bits per heavy atom. The molecule has 102 valence electrons. The molecule has 0 fully saturated rings. The van der Waals surface area contributed by atoms with Crippen molar-refractivity contribution >= 4 is 15.9 Å². The molecule has 0 saturated heterocycles. The number of benzene rings is 1. The fourth-order valence-electron chi connectivity index (χ4n) is 2.03. The average Bonchev–Trinajstić information content (AvgIpc) is 2.80. The topological polar surface area (TPSA) is 55.9 Å². The van der Waals surface area contributed by atoms with E-state index in [-0.39, 0.29) is 11.9 Å². The predicted octanol–water partition coefficient (Wildman–Crippen LogP) is 2.46. The number of nitrogens with zero attached hydrogens (tertiary/aromatic N) is 2. The van der Waals surface area contributed by atoms with Crippen LogP contribution in [0.4, 0.5) is 4.39 Å². The molecule has 0 amide bonds. The summed E-state index contributed by atoms with van der Waals surface area (Å²) in [6, 6.07) is 4.97. The molecule has 2 rings (SSSR count). The highest BCUT2D eigenvalue weighted by atomic mass is 79.9. The summed E-state index contributed by atoms with van der Waals surface area (Å²) in [7, 11) is 1.94. The highest BCUT2D eigenvalue weighted by Crippen LogP contribution is 2.26. The standard InChI is InChI=1S/C13H16BrFN4/c1-19-8-7-17-12(19)6-5-11(18-16)9-3-2-4-10(14)13(9)15/h2-4,7-8,11,18H,5-6,16H2,1H3. The molecule has 6 heteroatoms. The summed E-state index contributed by atoms with van der Waals surface area (Å²) in [6.07, 6.45) is 5.04. The fourth-order valence-corrected chi connectivity index (χ4v) is 2.41. The van der Waals surface area contributed by atoms with Gasteiger partial charge in [-0.1, -0.05) is 12.1 Å². The van der Waals surface area contributed by atoms with Gasteiger partial charge >= 0.3 is 0 Å². The Hall–Kier alpha value is -1.24. The van der Waals surface area contributed by atoms with Crippen LogP contribution in [0.1, 0.15) is 23.9 Å². The van der Waals surface area contributed by atoms with E-state index in [0.29, 0.717) is 16.5 Å². The SMILES string of the molecule is Cn1ccnc1CCC(NN)c1cccc(Br)c1F. The fraction of sp³-hybridized carbons (Fsp3) is 0.308. The lowest BCUT2D eigenvalue weighted by molar-refractivity contribution is 0.477. The van der Waals surface area contributed by atoms with Gasteiger partial charge in [-0.25, -0.2) is 9.37 Å². The van der Waals surface area contributed by atoms with E-state index in [1.54, 1.807) is 24.4 Å². The van der Waals surface area contributed by atoms with Crippen molar-refractivity contribution in [2.24, 2.45) is 12.9 Å². The molecule has 0 radical (unpaired) electrons. The van der Waals surface area contributed by atoms with Crippen LogP contribution in [0.3, 0.4) is 0 Å². The third kappa shape index (κ3) is 3.20. The minimum Gasteiger partial charge on any atom is -0.338 e. The Kier molecular flexibility index (Phi) is 4.68. The summed E-state index contributed by atoms with van der Waals surface area (Å²) in [5.74, 6) is 6.22. The van der Waals surface area contributed by atoms with E-state index in [4.69, 9.17) is 5.84 Å². The molecule has 2 aromatic rings. The lowest BCUT2D eigenvalue weighted by Crippen LogP contribution is -2.29. The largest absolute Gasteiger partial charge is 0.338 e. The number of aromatic nitrogens is 2. The first-order valence-corrected chi connectivity index (χ1v) is 6.79. The molecule has 1 atom stereocenters. The molecule has 1 unspecified atom stereocenters. The van der Waals surface area contributed by atoms with Gasteiger partial charge in [-0.3, -0.25) is 11.3 Å². The summed E-state index contributed by atoms with van der Waals surface area (Å²) in [5.41, 5.74) is 3.23. The molecule has 0 aliphatic heterocycles. The summed E-state index contributed by atoms with van der Waals surface area (Å²) in [4.78, 5) is 4.25. The number of halogens is 2. The third-order valence-corrected chi connectivity index (χ3v) is 3.75. The molecule has 0 aliphatic carbocycles. The normalized spacial score (nSPS) is 12.6. The molecule has 3 N–H and O–H groups in total. The molecule has 4 nitrogen and oxygen atoms in total. The lowest BCUT2D eigenvalue weighted by atomic mass is 10.0. The second kappa shape index (κ2) is 6.27. The number of hydrazine groups is 1. The van der Waals surface area contributed by atoms with Crippen molar-refractivity contribution in [1.82, 2.24) is 15.0 Å². The molecule has 0 aliphatic rings. The molecule has 1 heterocycles. The molecule has 0 saturated carbocycles. The summed E-state index contributed by atoms with van der Waals surface area (Å²) in [6.45, 7) is 0. The maximum absolute atomic E-state index is 14.0. The zero-order chi connectivity index (χ0) is 13.8. The van der Waals surface area contributed by atoms with Gasteiger partial charge < -0.3 is 4.57 Å². The number of imidazole rings is 1. The van der Waals surface area contributed by atoms with Crippen LogP contribution in [0.2, 0.25) is 0 Å². The quantitative estimate of drug-likeness (QED) is 0.655. The Balaban J connectivity index is 2.12. The Bertz CT molecular complexity index is 555. The van der Waals surface area contributed by atoms with E-state index in [0.717, 1.165) is 12.2 Å². The van der Waals surface area contributed by atoms with Gasteiger partial charge in [-0.2, -0.15) is 0 Å². The Labute approximate surface area is 119 Å². The van der Waals surface area contributed by atoms with Crippen LogP contribution in [0.15, 0.2) is 35.1 Å². The van der Waals surface area contributed by atoms with Crippen molar-refractivity contribution < 1.29 is 4.39 Å². The van der Waals surface area contributed by atoms with Crippen molar-refractivity contribution in [3.8, 4) is 0 Å². The van der Waals surface area contributed by atoms with Crippen molar-refractivity contribution in [2.75, 3.05) is 0 Å². The summed E-state index contributed by atoms with van der Waals surface area (Å²) < 4.78 is 16.4. The third-order valence-electron chi connectivity index (χ3n) is 3.14. The Morgan fingerprint density at radius 2 is 2.32 bits per heavy atom. The first kappa shape index (κ1) is 14.2. The van der Waals surface area contributed by atoms with Crippen LogP contribution in [-0.2, 0) is 13.5 Å². The van der Waals surface area contributed by atoms with Gasteiger partial charge in [0.2, 0.25) is 0 Å². The van der Waals surface area contributed by atoms with Crippen LogP contribution in [-0.4, -0.2) is 9.55 Å². The number of hydrogen-bond acceptors (Lipinski definition) is 3. The number of rotatable bonds is 5. The van der Waals surface area contributed by atoms with Crippen LogP contribution in [0.5, 0.6) is 0 Å². The number of nitrogens with one attached hydrogen (secondary N) is 1. The molecular formula is C13H16BrFN4. The molecule has 1 aromatic carbocycles. The first-order chi connectivity index (χ1) is 9.13. The van der Waals surface area contributed by atoms with Gasteiger partial charge in [0.05, 0.1) is 4.47 Å². The maximum Gasteiger partial charge on any atom is 0.142 e. The van der Waals surface area contributed by atoms with Crippen LogP contribution in [0, 0.1) is 5.82 Å². The second-order valence-electron chi connectivity index (χ2n) is 4.36. The van der Waals surface area contributed by atoms with Crippen LogP contribution < -0.4 is 11.3 Å². The molecular weight excluding hydrogens is 311 g/mol. The molecule has 0 bridgehead atoms. The van der Waals surface area contributed by atoms with E-state index in [1.807, 2.05) is 17.8 Å². The van der Waals surface area contributed by atoms with E-state index in [2.05, 4.69) is 26.3 Å². The van der Waals surface area contributed by atoms with Gasteiger partial charge in [0, 0.05) is 37.5 Å². The second-order valence-corrected chi connectivity index (χ2v) is 5.21. The monoisotopic (exact) mass is 326 g/mol. The van der Waals surface area contributed by atoms with E-state index < -0.39 is 0 Å². The van der Waals surface area contributed by atoms with Gasteiger partial charge in [-0.15, -0.1) is 0 Å². The number of hydrogen-bond donors (Lipinski definition) is 2. The average molecular weight is 327 g/mol. The van der Waals surface area contributed by atoms with Crippen molar-refractivity contribution in [2.45, 2.75) is 18.9 Å². The van der Waals surface area contributed by atoms with E-state index in [1.165, 1.54) is 0 Å². The van der Waals surface area contributed by atoms with Crippen molar-refractivity contribution in [3.05, 3.63) is 52.3 Å². The number of nitrogens with two attached hydrogens (primary N) is 1. The minimum atomic E-state index is -0.273. The van der Waals surface area contributed by atoms with Crippen molar-refractivity contribution in [1.29, 1.82) is 0 Å².